The van der Waals surface area contributed by atoms with Crippen molar-refractivity contribution < 1.29 is 18.3 Å². The smallest absolute Gasteiger partial charge is 0.287 e. The van der Waals surface area contributed by atoms with Crippen LogP contribution in [-0.4, -0.2) is 22.8 Å². The summed E-state index contributed by atoms with van der Waals surface area (Å²) in [5.41, 5.74) is -2.97. The minimum atomic E-state index is -3.37. The fourth-order valence-electron chi connectivity index (χ4n) is 6.89. The molecule has 0 aromatic heterocycles. The minimum absolute atomic E-state index is 0.0654. The lowest BCUT2D eigenvalue weighted by molar-refractivity contribution is -0.306. The standard InChI is InChI=1S/C21H33F3O/c1-14-2-4-15(5-3-14)16-6-8-17(9-7-16)19-10-12-20(25,13-11-19)18(22)21(19,23)24/h14-18,25H,2-13H2,1H3. The summed E-state index contributed by atoms with van der Waals surface area (Å²) < 4.78 is 44.3. The molecule has 1 nitrogen and oxygen atoms in total. The molecule has 5 saturated carbocycles. The lowest BCUT2D eigenvalue weighted by Crippen LogP contribution is -2.69. The highest BCUT2D eigenvalue weighted by Crippen LogP contribution is 2.66. The molecule has 0 aromatic carbocycles. The molecule has 1 atom stereocenters. The molecule has 25 heavy (non-hydrogen) atoms. The number of aliphatic hydroxyl groups is 1. The van der Waals surface area contributed by atoms with Gasteiger partial charge in [0.25, 0.3) is 5.92 Å². The van der Waals surface area contributed by atoms with Gasteiger partial charge in [0.15, 0.2) is 6.17 Å². The van der Waals surface area contributed by atoms with Crippen LogP contribution in [0.2, 0.25) is 0 Å². The highest BCUT2D eigenvalue weighted by Gasteiger charge is 2.73. The molecule has 1 N–H and O–H groups in total. The highest BCUT2D eigenvalue weighted by molar-refractivity contribution is 5.16. The Labute approximate surface area is 149 Å². The van der Waals surface area contributed by atoms with Crippen molar-refractivity contribution in [1.29, 1.82) is 0 Å². The molecule has 2 bridgehead atoms. The fraction of sp³-hybridized carbons (Fsp3) is 1.00. The molecule has 0 saturated heterocycles. The molecule has 0 radical (unpaired) electrons. The Kier molecular flexibility index (Phi) is 4.45. The van der Waals surface area contributed by atoms with Gasteiger partial charge in [-0.1, -0.05) is 19.8 Å². The van der Waals surface area contributed by atoms with Gasteiger partial charge in [0, 0.05) is 5.41 Å². The van der Waals surface area contributed by atoms with Crippen LogP contribution in [0.4, 0.5) is 13.2 Å². The van der Waals surface area contributed by atoms with Crippen LogP contribution in [0.5, 0.6) is 0 Å². The van der Waals surface area contributed by atoms with E-state index in [0.717, 1.165) is 37.5 Å². The van der Waals surface area contributed by atoms with E-state index in [2.05, 4.69) is 6.92 Å². The van der Waals surface area contributed by atoms with Gasteiger partial charge in [-0.05, 0) is 87.9 Å². The third kappa shape index (κ3) is 2.68. The third-order valence-corrected chi connectivity index (χ3v) is 8.74. The third-order valence-electron chi connectivity index (χ3n) is 8.74. The average molecular weight is 358 g/mol. The van der Waals surface area contributed by atoms with E-state index in [1.807, 2.05) is 0 Å². The molecule has 0 heterocycles. The second-order valence-electron chi connectivity index (χ2n) is 9.88. The Bertz CT molecular complexity index is 481. The summed E-state index contributed by atoms with van der Waals surface area (Å²) in [4.78, 5) is 0. The first-order valence-corrected chi connectivity index (χ1v) is 10.5. The van der Waals surface area contributed by atoms with Crippen LogP contribution in [0, 0.1) is 29.1 Å². The molecule has 0 aromatic rings. The van der Waals surface area contributed by atoms with E-state index in [9.17, 15) is 18.3 Å². The van der Waals surface area contributed by atoms with Gasteiger partial charge in [-0.3, -0.25) is 0 Å². The Morgan fingerprint density at radius 2 is 1.24 bits per heavy atom. The summed E-state index contributed by atoms with van der Waals surface area (Å²) >= 11 is 0. The minimum Gasteiger partial charge on any atom is -0.387 e. The zero-order valence-corrected chi connectivity index (χ0v) is 15.5. The van der Waals surface area contributed by atoms with Crippen molar-refractivity contribution >= 4 is 0 Å². The summed E-state index contributed by atoms with van der Waals surface area (Å²) in [6.07, 6.45) is 7.63. The van der Waals surface area contributed by atoms with Gasteiger partial charge < -0.3 is 5.11 Å². The fourth-order valence-corrected chi connectivity index (χ4v) is 6.89. The van der Waals surface area contributed by atoms with Crippen LogP contribution in [0.25, 0.3) is 0 Å². The van der Waals surface area contributed by atoms with Crippen molar-refractivity contribution in [2.45, 2.75) is 102 Å². The quantitative estimate of drug-likeness (QED) is 0.652. The first-order chi connectivity index (χ1) is 11.8. The van der Waals surface area contributed by atoms with E-state index >= 15 is 0 Å². The number of fused-ring (bicyclic) bond motifs is 3. The van der Waals surface area contributed by atoms with Gasteiger partial charge in [-0.15, -0.1) is 0 Å². The van der Waals surface area contributed by atoms with Gasteiger partial charge in [-0.25, -0.2) is 13.2 Å². The molecular formula is C21H33F3O. The zero-order chi connectivity index (χ0) is 17.9. The summed E-state index contributed by atoms with van der Waals surface area (Å²) in [7, 11) is 0. The number of hydrogen-bond donors (Lipinski definition) is 1. The Morgan fingerprint density at radius 3 is 1.76 bits per heavy atom. The normalized spacial score (nSPS) is 52.9. The van der Waals surface area contributed by atoms with Crippen LogP contribution in [0.3, 0.4) is 0 Å². The predicted molar refractivity (Wildman–Crippen MR) is 92.3 cm³/mol. The van der Waals surface area contributed by atoms with Crippen LogP contribution in [-0.2, 0) is 0 Å². The molecule has 4 heteroatoms. The van der Waals surface area contributed by atoms with Crippen molar-refractivity contribution in [3.8, 4) is 0 Å². The van der Waals surface area contributed by atoms with Gasteiger partial charge >= 0.3 is 0 Å². The lowest BCUT2D eigenvalue weighted by atomic mass is 9.48. The summed E-state index contributed by atoms with van der Waals surface area (Å²) in [5.74, 6) is -1.11. The van der Waals surface area contributed by atoms with E-state index in [0.29, 0.717) is 18.8 Å². The predicted octanol–water partition coefficient (Wildman–Crippen LogP) is 5.90. The Hall–Kier alpha value is -0.250. The maximum Gasteiger partial charge on any atom is 0.287 e. The monoisotopic (exact) mass is 358 g/mol. The largest absolute Gasteiger partial charge is 0.387 e. The van der Waals surface area contributed by atoms with Crippen molar-refractivity contribution in [1.82, 2.24) is 0 Å². The average Bonchev–Trinajstić information content (AvgIpc) is 2.61. The molecule has 1 unspecified atom stereocenters. The molecule has 5 aliphatic carbocycles. The van der Waals surface area contributed by atoms with E-state index in [1.165, 1.54) is 25.7 Å². The first kappa shape index (κ1) is 18.1. The molecule has 0 aliphatic heterocycles. The maximum absolute atomic E-state index is 14.9. The molecule has 5 rings (SSSR count). The van der Waals surface area contributed by atoms with Gasteiger partial charge in [0.2, 0.25) is 0 Å². The number of alkyl halides is 3. The lowest BCUT2D eigenvalue weighted by Gasteiger charge is -2.60. The molecule has 5 fully saturated rings. The van der Waals surface area contributed by atoms with Gasteiger partial charge in [0.05, 0.1) is 0 Å². The van der Waals surface area contributed by atoms with Crippen molar-refractivity contribution in [3.05, 3.63) is 0 Å². The van der Waals surface area contributed by atoms with E-state index < -0.39 is 23.1 Å². The molecular weight excluding hydrogens is 325 g/mol. The van der Waals surface area contributed by atoms with Crippen molar-refractivity contribution in [2.24, 2.45) is 29.1 Å². The zero-order valence-electron chi connectivity index (χ0n) is 15.5. The molecule has 0 amide bonds. The summed E-state index contributed by atoms with van der Waals surface area (Å²) in [6.45, 7) is 2.33. The van der Waals surface area contributed by atoms with E-state index in [-0.39, 0.29) is 18.8 Å². The molecule has 144 valence electrons. The topological polar surface area (TPSA) is 20.2 Å². The Balaban J connectivity index is 1.44. The van der Waals surface area contributed by atoms with E-state index in [4.69, 9.17) is 0 Å². The van der Waals surface area contributed by atoms with Crippen molar-refractivity contribution in [2.75, 3.05) is 0 Å². The van der Waals surface area contributed by atoms with Gasteiger partial charge in [0.1, 0.15) is 5.60 Å². The van der Waals surface area contributed by atoms with Crippen LogP contribution >= 0.6 is 0 Å². The maximum atomic E-state index is 14.9. The second-order valence-corrected chi connectivity index (χ2v) is 9.88. The molecule has 0 spiro atoms. The SMILES string of the molecule is CC1CCC(C2CCC(C34CCC(O)(CC3)C(F)C4(F)F)CC2)CC1. The summed E-state index contributed by atoms with van der Waals surface area (Å²) in [5, 5.41) is 10.2. The number of rotatable bonds is 2. The Morgan fingerprint density at radius 1 is 0.760 bits per heavy atom. The first-order valence-electron chi connectivity index (χ1n) is 10.5. The van der Waals surface area contributed by atoms with Crippen molar-refractivity contribution in [3.63, 3.8) is 0 Å². The highest BCUT2D eigenvalue weighted by atomic mass is 19.3. The summed E-state index contributed by atoms with van der Waals surface area (Å²) in [6, 6.07) is 0. The van der Waals surface area contributed by atoms with Crippen LogP contribution in [0.15, 0.2) is 0 Å². The number of halogens is 3. The second kappa shape index (κ2) is 6.14. The van der Waals surface area contributed by atoms with Gasteiger partial charge in [-0.2, -0.15) is 0 Å². The van der Waals surface area contributed by atoms with Crippen LogP contribution in [0.1, 0.15) is 84.0 Å². The van der Waals surface area contributed by atoms with Crippen LogP contribution < -0.4 is 0 Å². The van der Waals surface area contributed by atoms with E-state index in [1.54, 1.807) is 0 Å². The molecule has 5 aliphatic rings. The number of hydrogen-bond acceptors (Lipinski definition) is 1.